The molecule has 0 spiro atoms. The van der Waals surface area contributed by atoms with Gasteiger partial charge in [-0.1, -0.05) is 110 Å². The highest BCUT2D eigenvalue weighted by molar-refractivity contribution is 8.76. The summed E-state index contributed by atoms with van der Waals surface area (Å²) in [6, 6.07) is 10.9. The Morgan fingerprint density at radius 2 is 1.13 bits per heavy atom. The van der Waals surface area contributed by atoms with Crippen molar-refractivity contribution in [2.45, 2.75) is 172 Å². The minimum Gasteiger partial charge on any atom is -0.508 e. The molecule has 7 atom stereocenters. The van der Waals surface area contributed by atoms with Crippen LogP contribution in [-0.2, 0) is 89.2 Å². The fourth-order valence-electron chi connectivity index (χ4n) is 11.1. The van der Waals surface area contributed by atoms with Gasteiger partial charge < -0.3 is 115 Å². The van der Waals surface area contributed by atoms with Crippen molar-refractivity contribution in [3.8, 4) is 5.75 Å². The summed E-state index contributed by atoms with van der Waals surface area (Å²) in [7, 11) is 2.37. The number of hydrogen-bond acceptors (Lipinski definition) is 23. The molecule has 1 aliphatic heterocycles. The Morgan fingerprint density at radius 1 is 0.568 bits per heavy atom. The Bertz CT molecular complexity index is 3330. The minimum atomic E-state index is -1.56. The number of fused-ring (bicyclic) bond motifs is 1. The van der Waals surface area contributed by atoms with Gasteiger partial charge >= 0.3 is 0 Å². The van der Waals surface area contributed by atoms with Crippen molar-refractivity contribution in [2.24, 2.45) is 17.2 Å². The Hall–Kier alpha value is -8.23. The smallest absolute Gasteiger partial charge is 0.247 e. The first-order valence-corrected chi connectivity index (χ1v) is 40.7. The predicted octanol–water partition coefficient (Wildman–Crippen LogP) is 0.612. The van der Waals surface area contributed by atoms with E-state index in [1.807, 2.05) is 64.1 Å². The van der Waals surface area contributed by atoms with E-state index in [1.54, 1.807) is 18.2 Å². The molecule has 3 aromatic rings. The van der Waals surface area contributed by atoms with E-state index in [0.29, 0.717) is 116 Å². The van der Waals surface area contributed by atoms with Gasteiger partial charge in [-0.3, -0.25) is 53.4 Å². The van der Waals surface area contributed by atoms with E-state index in [-0.39, 0.29) is 138 Å². The number of nitrogens with two attached hydrogens (primary N) is 3. The first-order chi connectivity index (χ1) is 53.4. The van der Waals surface area contributed by atoms with Crippen LogP contribution in [0.15, 0.2) is 78.9 Å². The van der Waals surface area contributed by atoms with Crippen molar-refractivity contribution in [1.29, 1.82) is 5.41 Å². The van der Waals surface area contributed by atoms with Gasteiger partial charge in [0.15, 0.2) is 5.96 Å². The summed E-state index contributed by atoms with van der Waals surface area (Å²) in [4.78, 5) is 140. The van der Waals surface area contributed by atoms with Gasteiger partial charge in [-0.25, -0.2) is 0 Å². The lowest BCUT2D eigenvalue weighted by atomic mass is 9.99. The van der Waals surface area contributed by atoms with Gasteiger partial charge in [-0.2, -0.15) is 0 Å². The van der Waals surface area contributed by atoms with E-state index in [4.69, 9.17) is 51.0 Å². The van der Waals surface area contributed by atoms with Crippen LogP contribution >= 0.6 is 21.6 Å². The molecule has 1 saturated heterocycles. The van der Waals surface area contributed by atoms with Gasteiger partial charge in [0.2, 0.25) is 59.1 Å². The number of amides is 10. The number of carbonyl (C=O) groups is 10. The Kier molecular flexibility index (Phi) is 48.8. The molecule has 1 heterocycles. The molecular weight excluding hydrogens is 1470 g/mol. The second-order valence-electron chi connectivity index (χ2n) is 27.2. The summed E-state index contributed by atoms with van der Waals surface area (Å²) in [6.45, 7) is 16.6. The number of ether oxygens (including phenoxy) is 6. The quantitative estimate of drug-likeness (QED) is 0.0121. The van der Waals surface area contributed by atoms with Crippen molar-refractivity contribution in [3.05, 3.63) is 90.0 Å². The van der Waals surface area contributed by atoms with Crippen molar-refractivity contribution in [3.63, 3.8) is 0 Å². The summed E-state index contributed by atoms with van der Waals surface area (Å²) in [5.74, 6) is -6.96. The standard InChI is InChI=1S/C76H122N16O17S2/c1-51(2)81-29-12-9-17-60(70(98)83-32-34-105-36-38-107-40-42-109-44-43-108-41-39-106-37-35-104-33-26-65(94)86-59(69(78)97)16-8-11-28-77)89-74(102)64-50-111-110-45-27-66(95)87-63(47-54-20-23-58(93)24-21-54)73(101)90-61(18-10-13-30-82-52(3)4)72(100)92-68(53(5)25-31-84-76(79)80)75(103)91-62(71(99)85-49-67(96)88-64)48-55-19-22-56-14-6-7-15-57(56)46-55/h6-7,14-15,19-24,46,51-52,59-64,68,81-82,93H,5,8-13,16-18,25-45,47-50,77H2,1-4H3,(H2,78,97)(H,83,98)(H,85,99)(H,86,94)(H,87,95)(H,88,96)(H,89,102)(H,90,101)(H,91,103)(H,92,100)(H4,79,80,84)/t59?,60?,61?,62?,63?,64?,68-/m1/s1. The van der Waals surface area contributed by atoms with Crippen LogP contribution in [0.2, 0.25) is 0 Å². The number of hydrogen-bond donors (Lipinski definition) is 17. The average molecular weight is 1600 g/mol. The highest BCUT2D eigenvalue weighted by atomic mass is 33.1. The fourth-order valence-corrected chi connectivity index (χ4v) is 13.3. The molecule has 0 radical (unpaired) electrons. The van der Waals surface area contributed by atoms with E-state index >= 15 is 0 Å². The first-order valence-electron chi connectivity index (χ1n) is 38.3. The van der Waals surface area contributed by atoms with Crippen molar-refractivity contribution in [2.75, 3.05) is 130 Å². The summed E-state index contributed by atoms with van der Waals surface area (Å²) < 4.78 is 33.4. The zero-order valence-electron chi connectivity index (χ0n) is 64.8. The van der Waals surface area contributed by atoms with Crippen LogP contribution in [-0.4, -0.2) is 255 Å². The maximum Gasteiger partial charge on any atom is 0.247 e. The van der Waals surface area contributed by atoms with Gasteiger partial charge in [0, 0.05) is 62.4 Å². The Morgan fingerprint density at radius 3 is 1.75 bits per heavy atom. The van der Waals surface area contributed by atoms with Gasteiger partial charge in [-0.05, 0) is 123 Å². The largest absolute Gasteiger partial charge is 0.508 e. The number of nitrogens with one attached hydrogen (secondary N) is 13. The van der Waals surface area contributed by atoms with E-state index in [9.17, 15) is 53.1 Å². The topological polar surface area (TPSA) is 493 Å². The number of benzene rings is 3. The molecule has 0 bridgehead atoms. The maximum atomic E-state index is 15.0. The lowest BCUT2D eigenvalue weighted by Gasteiger charge is -2.28. The molecule has 0 aromatic heterocycles. The van der Waals surface area contributed by atoms with Crippen LogP contribution in [0.3, 0.4) is 0 Å². The van der Waals surface area contributed by atoms with Crippen LogP contribution in [0, 0.1) is 5.41 Å². The zero-order valence-corrected chi connectivity index (χ0v) is 66.5. The van der Waals surface area contributed by atoms with Gasteiger partial charge in [-0.15, -0.1) is 0 Å². The van der Waals surface area contributed by atoms with Crippen molar-refractivity contribution in [1.82, 2.24) is 63.8 Å². The predicted molar refractivity (Wildman–Crippen MR) is 428 cm³/mol. The molecule has 0 aliphatic carbocycles. The molecule has 111 heavy (non-hydrogen) atoms. The average Bonchev–Trinajstić information content (AvgIpc) is 0.887. The Labute approximate surface area is 659 Å². The number of aromatic hydroxyl groups is 1. The van der Waals surface area contributed by atoms with E-state index in [2.05, 4.69) is 70.4 Å². The van der Waals surface area contributed by atoms with Crippen molar-refractivity contribution >= 4 is 97.4 Å². The molecule has 35 heteroatoms. The monoisotopic (exact) mass is 1590 g/mol. The molecule has 1 fully saturated rings. The number of rotatable bonds is 50. The molecule has 33 nitrogen and oxygen atoms in total. The van der Waals surface area contributed by atoms with E-state index in [0.717, 1.165) is 28.0 Å². The summed E-state index contributed by atoms with van der Waals surface area (Å²) in [5.41, 5.74) is 17.8. The summed E-state index contributed by atoms with van der Waals surface area (Å²) in [5, 5.41) is 54.0. The maximum absolute atomic E-state index is 15.0. The van der Waals surface area contributed by atoms with E-state index in [1.165, 1.54) is 22.9 Å². The lowest BCUT2D eigenvalue weighted by molar-refractivity contribution is -0.134. The SMILES string of the molecule is C=C(CCNC(=N)N)[C@H]1NC(=O)C(CCCCNC(C)C)NC(=O)C(Cc2ccc(O)cc2)NC(=O)CCSSCC(C(=O)NC(CCCCNC(C)C)C(=O)NCCOCCOCCOCCOCCOCCOCCC(=O)NC(CCCCN)C(N)=O)NC(=O)CNC(=O)C(Cc2ccc3ccccc3c2)NC1=O. The third kappa shape index (κ3) is 42.8. The third-order valence-electron chi connectivity index (χ3n) is 17.2. The molecule has 10 amide bonds. The second kappa shape index (κ2) is 56.9. The van der Waals surface area contributed by atoms with Gasteiger partial charge in [0.1, 0.15) is 48.0 Å². The molecular formula is C76H122N16O17S2. The minimum absolute atomic E-state index is 0.00920. The number of phenolic OH excluding ortho intramolecular Hbond substituents is 1. The first kappa shape index (κ1) is 95.1. The molecule has 20 N–H and O–H groups in total. The number of primary amides is 1. The number of carbonyl (C=O) groups excluding carboxylic acids is 10. The zero-order chi connectivity index (χ0) is 81.0. The number of unbranched alkanes of at least 4 members (excludes halogenated alkanes) is 3. The Balaban J connectivity index is 1.44. The second-order valence-corrected chi connectivity index (χ2v) is 29.8. The molecule has 1 aliphatic rings. The number of phenols is 1. The van der Waals surface area contributed by atoms with Crippen LogP contribution in [0.1, 0.15) is 116 Å². The molecule has 6 unspecified atom stereocenters. The van der Waals surface area contributed by atoms with Gasteiger partial charge in [0.25, 0.3) is 0 Å². The molecule has 4 rings (SSSR count). The lowest BCUT2D eigenvalue weighted by Crippen LogP contribution is -2.59. The van der Waals surface area contributed by atoms with Crippen LogP contribution in [0.5, 0.6) is 5.75 Å². The fraction of sp³-hybridized carbons (Fsp3) is 0.618. The van der Waals surface area contributed by atoms with Crippen molar-refractivity contribution < 1.29 is 81.5 Å². The normalized spacial score (nSPS) is 17.8. The molecule has 0 saturated carbocycles. The van der Waals surface area contributed by atoms with Crippen LogP contribution < -0.4 is 81.0 Å². The number of guanidine groups is 1. The highest BCUT2D eigenvalue weighted by Crippen LogP contribution is 2.24. The molecule has 3 aromatic carbocycles. The third-order valence-corrected chi connectivity index (χ3v) is 19.6. The highest BCUT2D eigenvalue weighted by Gasteiger charge is 2.34. The van der Waals surface area contributed by atoms with Gasteiger partial charge in [0.05, 0.1) is 85.8 Å². The molecule has 620 valence electrons. The van der Waals surface area contributed by atoms with Crippen LogP contribution in [0.25, 0.3) is 10.8 Å². The summed E-state index contributed by atoms with van der Waals surface area (Å²) in [6.07, 6.45) is 4.18. The van der Waals surface area contributed by atoms with Crippen LogP contribution in [0.4, 0.5) is 0 Å². The van der Waals surface area contributed by atoms with E-state index < -0.39 is 102 Å². The summed E-state index contributed by atoms with van der Waals surface area (Å²) >= 11 is 0.